The Morgan fingerprint density at radius 2 is 1.78 bits per heavy atom. The molecule has 1 aliphatic rings. The van der Waals surface area contributed by atoms with Gasteiger partial charge in [-0.25, -0.2) is 8.42 Å². The van der Waals surface area contributed by atoms with Crippen molar-refractivity contribution in [1.29, 1.82) is 0 Å². The van der Waals surface area contributed by atoms with Gasteiger partial charge in [-0.2, -0.15) is 4.31 Å². The normalized spacial score (nSPS) is 15.4. The number of piperidine rings is 1. The van der Waals surface area contributed by atoms with E-state index in [1.165, 1.54) is 4.31 Å². The fourth-order valence-corrected chi connectivity index (χ4v) is 6.66. The summed E-state index contributed by atoms with van der Waals surface area (Å²) >= 11 is 0. The Morgan fingerprint density at radius 3 is 2.54 bits per heavy atom. The van der Waals surface area contributed by atoms with Crippen molar-refractivity contribution in [3.05, 3.63) is 95.9 Å². The zero-order chi connectivity index (χ0) is 28.8. The number of sulfonamides is 1. The fourth-order valence-electron chi connectivity index (χ4n) is 5.17. The third-order valence-electron chi connectivity index (χ3n) is 7.50. The van der Waals surface area contributed by atoms with Crippen LogP contribution in [0.1, 0.15) is 29.7 Å². The molecule has 0 spiro atoms. The maximum Gasteiger partial charge on any atom is 0.243 e. The second-order valence-corrected chi connectivity index (χ2v) is 12.1. The van der Waals surface area contributed by atoms with E-state index in [4.69, 9.17) is 5.73 Å². The first-order chi connectivity index (χ1) is 19.8. The lowest BCUT2D eigenvalue weighted by molar-refractivity contribution is -0.131. The highest BCUT2D eigenvalue weighted by Crippen LogP contribution is 2.25. The van der Waals surface area contributed by atoms with Gasteiger partial charge in [-0.05, 0) is 54.3 Å². The SMILES string of the molecule is NCc1ccnc(CNC(=O)C(Cc2c[nH]c3ccccc23)NC(=O)C2CCN(S(=O)(=O)c3ccccc3)CC2)c1. The number of benzene rings is 2. The van der Waals surface area contributed by atoms with Crippen LogP contribution < -0.4 is 16.4 Å². The maximum atomic E-state index is 13.4. The number of hydrogen-bond donors (Lipinski definition) is 4. The molecule has 5 rings (SSSR count). The van der Waals surface area contributed by atoms with Gasteiger partial charge in [0.1, 0.15) is 6.04 Å². The molecule has 1 fully saturated rings. The largest absolute Gasteiger partial charge is 0.361 e. The number of para-hydroxylation sites is 1. The summed E-state index contributed by atoms with van der Waals surface area (Å²) in [7, 11) is -3.62. The number of nitrogens with zero attached hydrogens (tertiary/aromatic N) is 2. The number of aromatic amines is 1. The van der Waals surface area contributed by atoms with Gasteiger partial charge in [-0.15, -0.1) is 0 Å². The van der Waals surface area contributed by atoms with Gasteiger partial charge < -0.3 is 21.4 Å². The van der Waals surface area contributed by atoms with Crippen molar-refractivity contribution < 1.29 is 18.0 Å². The van der Waals surface area contributed by atoms with Crippen LogP contribution in [-0.4, -0.2) is 53.6 Å². The zero-order valence-electron chi connectivity index (χ0n) is 22.6. The van der Waals surface area contributed by atoms with E-state index in [-0.39, 0.29) is 36.3 Å². The van der Waals surface area contributed by atoms with E-state index >= 15 is 0 Å². The molecule has 2 amide bonds. The molecular formula is C30H34N6O4S. The second kappa shape index (κ2) is 12.6. The Bertz CT molecular complexity index is 1610. The van der Waals surface area contributed by atoms with Gasteiger partial charge in [0.2, 0.25) is 21.8 Å². The third-order valence-corrected chi connectivity index (χ3v) is 9.41. The molecule has 1 atom stereocenters. The predicted molar refractivity (Wildman–Crippen MR) is 156 cm³/mol. The van der Waals surface area contributed by atoms with E-state index < -0.39 is 22.0 Å². The second-order valence-electron chi connectivity index (χ2n) is 10.2. The van der Waals surface area contributed by atoms with Gasteiger partial charge in [0.15, 0.2) is 0 Å². The summed E-state index contributed by atoms with van der Waals surface area (Å²) in [6, 6.07) is 18.9. The van der Waals surface area contributed by atoms with Crippen LogP contribution in [0, 0.1) is 5.92 Å². The molecular weight excluding hydrogens is 540 g/mol. The topological polar surface area (TPSA) is 150 Å². The number of H-pyrrole nitrogens is 1. The summed E-state index contributed by atoms with van der Waals surface area (Å²) in [6.45, 7) is 1.03. The molecule has 41 heavy (non-hydrogen) atoms. The summed E-state index contributed by atoms with van der Waals surface area (Å²) in [5.41, 5.74) is 9.17. The molecule has 1 aliphatic heterocycles. The molecule has 2 aromatic heterocycles. The van der Waals surface area contributed by atoms with Crippen LogP contribution in [-0.2, 0) is 39.1 Å². The molecule has 0 radical (unpaired) electrons. The Kier molecular flexibility index (Phi) is 8.77. The minimum atomic E-state index is -3.62. The van der Waals surface area contributed by atoms with Crippen molar-refractivity contribution >= 4 is 32.7 Å². The highest BCUT2D eigenvalue weighted by atomic mass is 32.2. The van der Waals surface area contributed by atoms with Crippen molar-refractivity contribution in [1.82, 2.24) is 24.9 Å². The number of amides is 2. The molecule has 3 heterocycles. The van der Waals surface area contributed by atoms with Crippen molar-refractivity contribution in [3.63, 3.8) is 0 Å². The van der Waals surface area contributed by atoms with Crippen LogP contribution in [0.25, 0.3) is 10.9 Å². The summed E-state index contributed by atoms with van der Waals surface area (Å²) in [5.74, 6) is -0.990. The van der Waals surface area contributed by atoms with Crippen LogP contribution in [0.4, 0.5) is 0 Å². The Hall–Kier alpha value is -4.06. The molecule has 0 bridgehead atoms. The van der Waals surface area contributed by atoms with Crippen LogP contribution >= 0.6 is 0 Å². The van der Waals surface area contributed by atoms with Crippen LogP contribution in [0.3, 0.4) is 0 Å². The van der Waals surface area contributed by atoms with E-state index in [9.17, 15) is 18.0 Å². The first-order valence-corrected chi connectivity index (χ1v) is 15.1. The van der Waals surface area contributed by atoms with Crippen molar-refractivity contribution in [2.24, 2.45) is 11.7 Å². The fraction of sp³-hybridized carbons (Fsp3) is 0.300. The molecule has 5 N–H and O–H groups in total. The lowest BCUT2D eigenvalue weighted by atomic mass is 9.96. The highest BCUT2D eigenvalue weighted by Gasteiger charge is 2.33. The minimum Gasteiger partial charge on any atom is -0.361 e. The van der Waals surface area contributed by atoms with Gasteiger partial charge in [-0.1, -0.05) is 36.4 Å². The quantitative estimate of drug-likeness (QED) is 0.229. The van der Waals surface area contributed by atoms with Crippen molar-refractivity contribution in [3.8, 4) is 0 Å². The molecule has 10 nitrogen and oxygen atoms in total. The predicted octanol–water partition coefficient (Wildman–Crippen LogP) is 2.47. The minimum absolute atomic E-state index is 0.197. The number of nitrogens with one attached hydrogen (secondary N) is 3. The molecule has 1 saturated heterocycles. The van der Waals surface area contributed by atoms with E-state index in [0.29, 0.717) is 31.5 Å². The number of aromatic nitrogens is 2. The number of nitrogens with two attached hydrogens (primary N) is 1. The van der Waals surface area contributed by atoms with Gasteiger partial charge in [0, 0.05) is 55.3 Å². The molecule has 2 aromatic carbocycles. The third kappa shape index (κ3) is 6.64. The smallest absolute Gasteiger partial charge is 0.243 e. The highest BCUT2D eigenvalue weighted by molar-refractivity contribution is 7.89. The average molecular weight is 575 g/mol. The molecule has 4 aromatic rings. The number of fused-ring (bicyclic) bond motifs is 1. The van der Waals surface area contributed by atoms with Crippen LogP contribution in [0.5, 0.6) is 0 Å². The van der Waals surface area contributed by atoms with E-state index in [1.807, 2.05) is 42.6 Å². The number of hydrogen-bond acceptors (Lipinski definition) is 6. The zero-order valence-corrected chi connectivity index (χ0v) is 23.4. The Labute approximate surface area is 239 Å². The first kappa shape index (κ1) is 28.5. The molecule has 11 heteroatoms. The van der Waals surface area contributed by atoms with Gasteiger partial charge in [0.05, 0.1) is 17.1 Å². The van der Waals surface area contributed by atoms with Gasteiger partial charge in [0.25, 0.3) is 0 Å². The van der Waals surface area contributed by atoms with Gasteiger partial charge in [-0.3, -0.25) is 14.6 Å². The van der Waals surface area contributed by atoms with E-state index in [0.717, 1.165) is 22.0 Å². The average Bonchev–Trinajstić information content (AvgIpc) is 3.42. The van der Waals surface area contributed by atoms with Crippen molar-refractivity contribution in [2.45, 2.75) is 43.3 Å². The van der Waals surface area contributed by atoms with Gasteiger partial charge >= 0.3 is 0 Å². The monoisotopic (exact) mass is 574 g/mol. The van der Waals surface area contributed by atoms with E-state index in [2.05, 4.69) is 20.6 Å². The molecule has 0 saturated carbocycles. The standard InChI is InChI=1S/C30H34N6O4S/c31-18-21-10-13-32-24(16-21)20-34-30(38)28(17-23-19-33-27-9-5-4-8-26(23)27)35-29(37)22-11-14-36(15-12-22)41(39,40)25-6-2-1-3-7-25/h1-10,13,16,19,22,28,33H,11-12,14-15,17-18,20,31H2,(H,34,38)(H,35,37). The lowest BCUT2D eigenvalue weighted by Crippen LogP contribution is -2.51. The van der Waals surface area contributed by atoms with Crippen LogP contribution in [0.2, 0.25) is 0 Å². The molecule has 1 unspecified atom stereocenters. The molecule has 0 aliphatic carbocycles. The summed E-state index contributed by atoms with van der Waals surface area (Å²) < 4.78 is 27.4. The number of rotatable bonds is 10. The van der Waals surface area contributed by atoms with E-state index in [1.54, 1.807) is 36.5 Å². The lowest BCUT2D eigenvalue weighted by Gasteiger charge is -2.31. The first-order valence-electron chi connectivity index (χ1n) is 13.7. The summed E-state index contributed by atoms with van der Waals surface area (Å²) in [4.78, 5) is 34.6. The van der Waals surface area contributed by atoms with Crippen molar-refractivity contribution in [2.75, 3.05) is 13.1 Å². The summed E-state index contributed by atoms with van der Waals surface area (Å²) in [5, 5.41) is 6.85. The number of pyridine rings is 1. The number of carbonyl (C=O) groups is 2. The molecule has 214 valence electrons. The number of carbonyl (C=O) groups excluding carboxylic acids is 2. The summed E-state index contributed by atoms with van der Waals surface area (Å²) in [6.07, 6.45) is 4.54. The Morgan fingerprint density at radius 1 is 1.05 bits per heavy atom. The van der Waals surface area contributed by atoms with Crippen LogP contribution in [0.15, 0.2) is 84.0 Å². The maximum absolute atomic E-state index is 13.4. The Balaban J connectivity index is 1.27.